The number of amides is 2. The highest BCUT2D eigenvalue weighted by Gasteiger charge is 2.31. The Morgan fingerprint density at radius 1 is 1.27 bits per heavy atom. The van der Waals surface area contributed by atoms with Gasteiger partial charge in [-0.05, 0) is 11.6 Å². The average Bonchev–Trinajstić information content (AvgIpc) is 2.59. The minimum absolute atomic E-state index is 0.0260. The summed E-state index contributed by atoms with van der Waals surface area (Å²) in [5, 5.41) is 13.8. The molecule has 8 heteroatoms. The van der Waals surface area contributed by atoms with Crippen molar-refractivity contribution in [1.29, 1.82) is 5.26 Å². The summed E-state index contributed by atoms with van der Waals surface area (Å²) in [6, 6.07) is 5.70. The van der Waals surface area contributed by atoms with Crippen LogP contribution in [-0.4, -0.2) is 37.0 Å². The number of benzene rings is 1. The molecule has 0 aliphatic rings. The van der Waals surface area contributed by atoms with E-state index in [1.54, 1.807) is 13.0 Å². The molecule has 2 amide bonds. The lowest BCUT2D eigenvalue weighted by Gasteiger charge is -2.24. The highest BCUT2D eigenvalue weighted by atomic mass is 19.1. The van der Waals surface area contributed by atoms with E-state index in [-0.39, 0.29) is 18.4 Å². The summed E-state index contributed by atoms with van der Waals surface area (Å²) in [6.45, 7) is 2.85. The molecule has 0 heterocycles. The zero-order valence-electron chi connectivity index (χ0n) is 14.9. The fourth-order valence-corrected chi connectivity index (χ4v) is 2.41. The molecule has 1 aromatic carbocycles. The van der Waals surface area contributed by atoms with Crippen LogP contribution in [0.1, 0.15) is 25.8 Å². The third-order valence-electron chi connectivity index (χ3n) is 3.81. The molecule has 3 atom stereocenters. The van der Waals surface area contributed by atoms with Gasteiger partial charge in [0.2, 0.25) is 11.8 Å². The second-order valence-electron chi connectivity index (χ2n) is 5.90. The van der Waals surface area contributed by atoms with E-state index >= 15 is 0 Å². The Morgan fingerprint density at radius 2 is 1.92 bits per heavy atom. The van der Waals surface area contributed by atoms with Crippen LogP contribution in [0.5, 0.6) is 0 Å². The fraction of sp³-hybridized carbons (Fsp3) is 0.444. The number of hydrogen-bond acceptors (Lipinski definition) is 5. The van der Waals surface area contributed by atoms with Gasteiger partial charge in [-0.2, -0.15) is 5.26 Å². The molecule has 0 aliphatic heterocycles. The maximum atomic E-state index is 13.9. The smallest absolute Gasteiger partial charge is 0.328 e. The molecule has 1 rings (SSSR count). The molecular formula is C18H22FN3O4. The van der Waals surface area contributed by atoms with Gasteiger partial charge in [-0.15, -0.1) is 0 Å². The SMILES string of the molecule is COC(=O)[C@H](NC(=O)[C@@H](Cc1ccccc1F)NC(C)=O)[C@H](C)CC#N. The molecule has 0 bridgehead atoms. The predicted molar refractivity (Wildman–Crippen MR) is 91.0 cm³/mol. The normalized spacial score (nSPS) is 13.7. The predicted octanol–water partition coefficient (Wildman–Crippen LogP) is 1.08. The Balaban J connectivity index is 2.99. The number of nitrogens with zero attached hydrogens (tertiary/aromatic N) is 1. The Bertz CT molecular complexity index is 702. The largest absolute Gasteiger partial charge is 0.467 e. The number of esters is 1. The van der Waals surface area contributed by atoms with E-state index in [2.05, 4.69) is 15.4 Å². The monoisotopic (exact) mass is 363 g/mol. The van der Waals surface area contributed by atoms with Gasteiger partial charge in [-0.25, -0.2) is 9.18 Å². The molecule has 0 saturated heterocycles. The quantitative estimate of drug-likeness (QED) is 0.672. The van der Waals surface area contributed by atoms with Crippen molar-refractivity contribution >= 4 is 17.8 Å². The van der Waals surface area contributed by atoms with E-state index in [0.29, 0.717) is 0 Å². The van der Waals surface area contributed by atoms with Crippen LogP contribution in [0, 0.1) is 23.1 Å². The van der Waals surface area contributed by atoms with E-state index in [1.807, 2.05) is 6.07 Å². The van der Waals surface area contributed by atoms with E-state index in [1.165, 1.54) is 32.2 Å². The van der Waals surface area contributed by atoms with E-state index < -0.39 is 41.6 Å². The maximum absolute atomic E-state index is 13.9. The van der Waals surface area contributed by atoms with Crippen molar-refractivity contribution in [2.45, 2.75) is 38.8 Å². The Morgan fingerprint density at radius 3 is 2.46 bits per heavy atom. The Hall–Kier alpha value is -2.95. The van der Waals surface area contributed by atoms with Crippen LogP contribution in [0.25, 0.3) is 0 Å². The molecule has 0 fully saturated rings. The number of methoxy groups -OCH3 is 1. The topological polar surface area (TPSA) is 108 Å². The number of nitriles is 1. The lowest BCUT2D eigenvalue weighted by atomic mass is 9.97. The van der Waals surface area contributed by atoms with Crippen molar-refractivity contribution in [2.75, 3.05) is 7.11 Å². The summed E-state index contributed by atoms with van der Waals surface area (Å²) in [5.41, 5.74) is 0.251. The number of rotatable bonds is 8. The van der Waals surface area contributed by atoms with Crippen LogP contribution in [0.3, 0.4) is 0 Å². The van der Waals surface area contributed by atoms with Gasteiger partial charge in [-0.1, -0.05) is 25.1 Å². The molecule has 26 heavy (non-hydrogen) atoms. The van der Waals surface area contributed by atoms with Crippen molar-refractivity contribution in [2.24, 2.45) is 5.92 Å². The van der Waals surface area contributed by atoms with Crippen molar-refractivity contribution in [1.82, 2.24) is 10.6 Å². The summed E-state index contributed by atoms with van der Waals surface area (Å²) in [4.78, 5) is 35.9. The molecule has 140 valence electrons. The van der Waals surface area contributed by atoms with Crippen molar-refractivity contribution in [3.63, 3.8) is 0 Å². The molecule has 0 unspecified atom stereocenters. The number of hydrogen-bond donors (Lipinski definition) is 2. The molecule has 0 radical (unpaired) electrons. The maximum Gasteiger partial charge on any atom is 0.328 e. The van der Waals surface area contributed by atoms with Crippen molar-refractivity contribution in [3.05, 3.63) is 35.6 Å². The van der Waals surface area contributed by atoms with Crippen molar-refractivity contribution < 1.29 is 23.5 Å². The minimum Gasteiger partial charge on any atom is -0.467 e. The van der Waals surface area contributed by atoms with Gasteiger partial charge < -0.3 is 15.4 Å². The van der Waals surface area contributed by atoms with Gasteiger partial charge in [0.15, 0.2) is 0 Å². The Labute approximate surface area is 151 Å². The molecule has 0 spiro atoms. The third-order valence-corrected chi connectivity index (χ3v) is 3.81. The number of halogens is 1. The first-order valence-electron chi connectivity index (χ1n) is 8.05. The number of carbonyl (C=O) groups excluding carboxylic acids is 3. The number of ether oxygens (including phenoxy) is 1. The summed E-state index contributed by atoms with van der Waals surface area (Å²) in [6.07, 6.45) is -0.0588. The summed E-state index contributed by atoms with van der Waals surface area (Å²) < 4.78 is 18.5. The lowest BCUT2D eigenvalue weighted by molar-refractivity contribution is -0.146. The number of nitrogens with one attached hydrogen (secondary N) is 2. The van der Waals surface area contributed by atoms with Gasteiger partial charge in [0.1, 0.15) is 17.9 Å². The van der Waals surface area contributed by atoms with Gasteiger partial charge in [-0.3, -0.25) is 9.59 Å². The Kier molecular flexibility index (Phi) is 8.22. The molecule has 2 N–H and O–H groups in total. The molecular weight excluding hydrogens is 341 g/mol. The first-order chi connectivity index (χ1) is 12.3. The molecule has 7 nitrogen and oxygen atoms in total. The van der Waals surface area contributed by atoms with E-state index in [0.717, 1.165) is 0 Å². The lowest BCUT2D eigenvalue weighted by Crippen LogP contribution is -2.54. The van der Waals surface area contributed by atoms with Crippen LogP contribution < -0.4 is 10.6 Å². The van der Waals surface area contributed by atoms with Gasteiger partial charge >= 0.3 is 5.97 Å². The van der Waals surface area contributed by atoms with E-state index in [4.69, 9.17) is 5.26 Å². The molecule has 0 aromatic heterocycles. The van der Waals surface area contributed by atoms with Gasteiger partial charge in [0.25, 0.3) is 0 Å². The summed E-state index contributed by atoms with van der Waals surface area (Å²) >= 11 is 0. The van der Waals surface area contributed by atoms with Crippen LogP contribution in [-0.2, 0) is 25.5 Å². The first kappa shape index (κ1) is 21.1. The number of carbonyl (C=O) groups is 3. The van der Waals surface area contributed by atoms with Crippen molar-refractivity contribution in [3.8, 4) is 6.07 Å². The van der Waals surface area contributed by atoms with Crippen LogP contribution in [0.2, 0.25) is 0 Å². The third kappa shape index (κ3) is 6.16. The summed E-state index contributed by atoms with van der Waals surface area (Å²) in [5.74, 6) is -2.83. The molecule has 1 aromatic rings. The fourth-order valence-electron chi connectivity index (χ4n) is 2.41. The van der Waals surface area contributed by atoms with Crippen LogP contribution in [0.15, 0.2) is 24.3 Å². The standard InChI is InChI=1S/C18H22FN3O4/c1-11(8-9-20)16(18(25)26-3)22-17(24)15(21-12(2)23)10-13-6-4-5-7-14(13)19/h4-7,11,15-16H,8,10H2,1-3H3,(H,21,23)(H,22,24)/t11-,15-,16-/m1/s1. The van der Waals surface area contributed by atoms with Crippen LogP contribution >= 0.6 is 0 Å². The summed E-state index contributed by atoms with van der Waals surface area (Å²) in [7, 11) is 1.17. The molecule has 0 saturated carbocycles. The molecule has 0 aliphatic carbocycles. The highest BCUT2D eigenvalue weighted by Crippen LogP contribution is 2.12. The minimum atomic E-state index is -1.08. The van der Waals surface area contributed by atoms with Gasteiger partial charge in [0.05, 0.1) is 13.2 Å². The zero-order valence-corrected chi connectivity index (χ0v) is 14.9. The second-order valence-corrected chi connectivity index (χ2v) is 5.90. The zero-order chi connectivity index (χ0) is 19.7. The average molecular weight is 363 g/mol. The van der Waals surface area contributed by atoms with E-state index in [9.17, 15) is 18.8 Å². The second kappa shape index (κ2) is 10.1. The first-order valence-corrected chi connectivity index (χ1v) is 8.05. The van der Waals surface area contributed by atoms with Crippen LogP contribution in [0.4, 0.5) is 4.39 Å². The van der Waals surface area contributed by atoms with Gasteiger partial charge in [0, 0.05) is 25.7 Å². The highest BCUT2D eigenvalue weighted by molar-refractivity contribution is 5.90.